The van der Waals surface area contributed by atoms with Gasteiger partial charge in [0.1, 0.15) is 0 Å². The van der Waals surface area contributed by atoms with Crippen LogP contribution in [0.5, 0.6) is 0 Å². The molecule has 1 aromatic rings. The molecule has 0 radical (unpaired) electrons. The number of nitrogens with zero attached hydrogens (tertiary/aromatic N) is 5. The van der Waals surface area contributed by atoms with E-state index in [1.54, 1.807) is 6.07 Å². The number of carbonyl (C=O) groups excluding carboxylic acids is 1. The third-order valence-electron chi connectivity index (χ3n) is 3.04. The number of hydrogen-bond donors (Lipinski definition) is 0. The Bertz CT molecular complexity index is 614. The maximum absolute atomic E-state index is 12.0. The van der Waals surface area contributed by atoms with E-state index in [-0.39, 0.29) is 30.5 Å². The molecule has 1 unspecified atom stereocenters. The van der Waals surface area contributed by atoms with Crippen molar-refractivity contribution in [2.45, 2.75) is 6.42 Å². The van der Waals surface area contributed by atoms with Crippen LogP contribution in [-0.2, 0) is 4.79 Å². The van der Waals surface area contributed by atoms with E-state index in [4.69, 9.17) is 5.53 Å². The van der Waals surface area contributed by atoms with E-state index in [1.165, 1.54) is 17.0 Å². The summed E-state index contributed by atoms with van der Waals surface area (Å²) >= 11 is 3.29. The average molecular weight is 340 g/mol. The van der Waals surface area contributed by atoms with E-state index < -0.39 is 4.92 Å². The molecule has 1 atom stereocenters. The quantitative estimate of drug-likeness (QED) is 0.276. The van der Waals surface area contributed by atoms with Crippen LogP contribution in [0.25, 0.3) is 10.4 Å². The van der Waals surface area contributed by atoms with Crippen molar-refractivity contribution in [2.24, 2.45) is 11.0 Å². The summed E-state index contributed by atoms with van der Waals surface area (Å²) in [6.07, 6.45) is 0.272. The Balaban J connectivity index is 2.27. The minimum Gasteiger partial charge on any atom is -0.311 e. The molecule has 0 spiro atoms. The molecular weight excluding hydrogens is 330 g/mol. The molecule has 0 N–H and O–H groups in total. The lowest BCUT2D eigenvalue weighted by atomic mass is 10.1. The van der Waals surface area contributed by atoms with Gasteiger partial charge in [-0.05, 0) is 33.4 Å². The molecule has 0 aliphatic carbocycles. The third-order valence-corrected chi connectivity index (χ3v) is 3.71. The van der Waals surface area contributed by atoms with Crippen molar-refractivity contribution in [3.05, 3.63) is 43.2 Å². The highest BCUT2D eigenvalue weighted by molar-refractivity contribution is 9.10. The highest BCUT2D eigenvalue weighted by Gasteiger charge is 2.31. The van der Waals surface area contributed by atoms with Crippen LogP contribution in [0, 0.1) is 16.0 Å². The first-order valence-corrected chi connectivity index (χ1v) is 6.57. The molecule has 9 heteroatoms. The lowest BCUT2D eigenvalue weighted by Gasteiger charge is -2.17. The molecule has 1 aliphatic heterocycles. The zero-order chi connectivity index (χ0) is 14.7. The van der Waals surface area contributed by atoms with Gasteiger partial charge in [0.05, 0.1) is 10.6 Å². The normalized spacial score (nSPS) is 17.9. The largest absolute Gasteiger partial charge is 0.311 e. The van der Waals surface area contributed by atoms with E-state index in [0.29, 0.717) is 16.7 Å². The number of azide groups is 1. The fourth-order valence-corrected chi connectivity index (χ4v) is 2.57. The smallest absolute Gasteiger partial charge is 0.271 e. The number of amides is 1. The molecule has 1 saturated heterocycles. The number of carbonyl (C=O) groups is 1. The average Bonchev–Trinajstić information content (AvgIpc) is 2.77. The summed E-state index contributed by atoms with van der Waals surface area (Å²) in [4.78, 5) is 26.4. The number of nitro benzene ring substituents is 1. The summed E-state index contributed by atoms with van der Waals surface area (Å²) in [6.45, 7) is 0.628. The molecule has 0 saturated carbocycles. The first-order chi connectivity index (χ1) is 9.52. The van der Waals surface area contributed by atoms with Crippen molar-refractivity contribution < 1.29 is 9.72 Å². The number of rotatable bonds is 4. The Hall–Kier alpha value is -2.12. The number of benzene rings is 1. The molecule has 0 bridgehead atoms. The van der Waals surface area contributed by atoms with Crippen LogP contribution in [0.15, 0.2) is 27.8 Å². The highest BCUT2D eigenvalue weighted by Crippen LogP contribution is 2.34. The number of hydrogen-bond acceptors (Lipinski definition) is 4. The van der Waals surface area contributed by atoms with E-state index in [2.05, 4.69) is 26.0 Å². The minimum absolute atomic E-state index is 0.0652. The van der Waals surface area contributed by atoms with Crippen LogP contribution >= 0.6 is 15.9 Å². The maximum Gasteiger partial charge on any atom is 0.271 e. The maximum atomic E-state index is 12.0. The van der Waals surface area contributed by atoms with Crippen LogP contribution in [0.4, 0.5) is 11.4 Å². The van der Waals surface area contributed by atoms with Crippen molar-refractivity contribution in [3.8, 4) is 0 Å². The van der Waals surface area contributed by atoms with Gasteiger partial charge in [-0.3, -0.25) is 14.9 Å². The number of non-ortho nitro benzene ring substituents is 1. The van der Waals surface area contributed by atoms with Gasteiger partial charge in [-0.15, -0.1) is 0 Å². The minimum atomic E-state index is -0.506. The third kappa shape index (κ3) is 2.89. The highest BCUT2D eigenvalue weighted by atomic mass is 79.9. The second kappa shape index (κ2) is 5.89. The Kier molecular flexibility index (Phi) is 4.21. The molecule has 2 rings (SSSR count). The first-order valence-electron chi connectivity index (χ1n) is 5.78. The lowest BCUT2D eigenvalue weighted by molar-refractivity contribution is -0.384. The Morgan fingerprint density at radius 3 is 3.00 bits per heavy atom. The van der Waals surface area contributed by atoms with Gasteiger partial charge in [0.15, 0.2) is 0 Å². The fraction of sp³-hybridized carbons (Fsp3) is 0.364. The van der Waals surface area contributed by atoms with Gasteiger partial charge in [-0.1, -0.05) is 5.11 Å². The van der Waals surface area contributed by atoms with Gasteiger partial charge in [0, 0.05) is 41.0 Å². The predicted octanol–water partition coefficient (Wildman–Crippen LogP) is 3.02. The second-order valence-corrected chi connectivity index (χ2v) is 5.24. The van der Waals surface area contributed by atoms with E-state index in [1.807, 2.05) is 0 Å². The van der Waals surface area contributed by atoms with E-state index in [0.717, 1.165) is 0 Å². The predicted molar refractivity (Wildman–Crippen MR) is 75.3 cm³/mol. The topological polar surface area (TPSA) is 112 Å². The molecule has 1 aromatic carbocycles. The van der Waals surface area contributed by atoms with Gasteiger partial charge >= 0.3 is 0 Å². The first kappa shape index (κ1) is 14.3. The van der Waals surface area contributed by atoms with Crippen LogP contribution in [0.1, 0.15) is 6.42 Å². The van der Waals surface area contributed by atoms with Crippen molar-refractivity contribution in [1.29, 1.82) is 0 Å². The van der Waals surface area contributed by atoms with Crippen LogP contribution < -0.4 is 4.90 Å². The van der Waals surface area contributed by atoms with Gasteiger partial charge in [-0.2, -0.15) is 0 Å². The summed E-state index contributed by atoms with van der Waals surface area (Å²) in [7, 11) is 0. The van der Waals surface area contributed by atoms with Crippen molar-refractivity contribution >= 4 is 33.2 Å². The molecule has 1 amide bonds. The Morgan fingerprint density at radius 1 is 1.60 bits per heavy atom. The van der Waals surface area contributed by atoms with Crippen LogP contribution in [0.3, 0.4) is 0 Å². The van der Waals surface area contributed by atoms with Gasteiger partial charge in [-0.25, -0.2) is 0 Å². The summed E-state index contributed by atoms with van der Waals surface area (Å²) in [6, 6.07) is 4.27. The summed E-state index contributed by atoms with van der Waals surface area (Å²) in [5.41, 5.74) is 8.69. The molecular formula is C11H10BrN5O3. The van der Waals surface area contributed by atoms with E-state index >= 15 is 0 Å². The van der Waals surface area contributed by atoms with Crippen molar-refractivity contribution in [3.63, 3.8) is 0 Å². The summed E-state index contributed by atoms with van der Waals surface area (Å²) in [5, 5.41) is 14.3. The monoisotopic (exact) mass is 339 g/mol. The number of anilines is 1. The molecule has 104 valence electrons. The van der Waals surface area contributed by atoms with Crippen molar-refractivity contribution in [2.75, 3.05) is 18.0 Å². The molecule has 20 heavy (non-hydrogen) atoms. The van der Waals surface area contributed by atoms with Gasteiger partial charge in [0.2, 0.25) is 5.91 Å². The second-order valence-electron chi connectivity index (χ2n) is 4.38. The molecule has 8 nitrogen and oxygen atoms in total. The van der Waals surface area contributed by atoms with Gasteiger partial charge < -0.3 is 4.90 Å². The lowest BCUT2D eigenvalue weighted by Crippen LogP contribution is -2.25. The summed E-state index contributed by atoms with van der Waals surface area (Å²) in [5.74, 6) is -0.200. The molecule has 1 aliphatic rings. The van der Waals surface area contributed by atoms with E-state index in [9.17, 15) is 14.9 Å². The number of halogens is 1. The molecule has 0 aromatic heterocycles. The zero-order valence-electron chi connectivity index (χ0n) is 10.3. The fourth-order valence-electron chi connectivity index (χ4n) is 2.11. The molecule has 1 heterocycles. The SMILES string of the molecule is [N-]=[N+]=NCC1CC(=O)N(c2cc([N+](=O)[O-])ccc2Br)C1. The number of nitro groups is 1. The Morgan fingerprint density at radius 2 is 2.35 bits per heavy atom. The van der Waals surface area contributed by atoms with Crippen LogP contribution in [0.2, 0.25) is 0 Å². The summed E-state index contributed by atoms with van der Waals surface area (Å²) < 4.78 is 0.612. The molecule has 1 fully saturated rings. The Labute approximate surface area is 122 Å². The van der Waals surface area contributed by atoms with Gasteiger partial charge in [0.25, 0.3) is 5.69 Å². The standard InChI is InChI=1S/C11H10BrN5O3/c12-9-2-1-8(17(19)20)4-10(9)16-6-7(3-11(16)18)5-14-15-13/h1-2,4,7H,3,5-6H2. The van der Waals surface area contributed by atoms with Crippen molar-refractivity contribution in [1.82, 2.24) is 0 Å². The zero-order valence-corrected chi connectivity index (χ0v) is 11.9. The van der Waals surface area contributed by atoms with Crippen LogP contribution in [-0.4, -0.2) is 23.9 Å².